The van der Waals surface area contributed by atoms with Crippen LogP contribution in [0.4, 0.5) is 0 Å². The lowest BCUT2D eigenvalue weighted by atomic mass is 9.85. The van der Waals surface area contributed by atoms with Crippen molar-refractivity contribution < 1.29 is 19.8 Å². The van der Waals surface area contributed by atoms with Gasteiger partial charge in [-0.3, -0.25) is 0 Å². The lowest BCUT2D eigenvalue weighted by Crippen LogP contribution is -1.91. The van der Waals surface area contributed by atoms with Gasteiger partial charge in [0, 0.05) is 21.5 Å². The Bertz CT molecular complexity index is 3540. The second-order valence-corrected chi connectivity index (χ2v) is 12.6. The van der Waals surface area contributed by atoms with E-state index in [9.17, 15) is 5.48 Å². The molecule has 50 heavy (non-hydrogen) atoms. The Balaban J connectivity index is 1.21. The van der Waals surface area contributed by atoms with Crippen molar-refractivity contribution in [2.75, 3.05) is 0 Å². The van der Waals surface area contributed by atoms with E-state index in [1.54, 1.807) is 0 Å². The van der Waals surface area contributed by atoms with E-state index in [2.05, 4.69) is 0 Å². The van der Waals surface area contributed by atoms with Gasteiger partial charge in [-0.05, 0) is 108 Å². The average Bonchev–Trinajstić information content (AvgIpc) is 3.82. The van der Waals surface area contributed by atoms with E-state index in [1.165, 1.54) is 0 Å². The van der Waals surface area contributed by atoms with Gasteiger partial charge in [0.1, 0.15) is 22.3 Å². The molecule has 0 N–H and O–H groups in total. The fourth-order valence-corrected chi connectivity index (χ4v) is 7.66. The summed E-state index contributed by atoms with van der Waals surface area (Å²) in [6, 6.07) is 35.8. The first kappa shape index (κ1) is 20.7. The van der Waals surface area contributed by atoms with Gasteiger partial charge in [0.25, 0.3) is 0 Å². The third kappa shape index (κ3) is 3.96. The Morgan fingerprint density at radius 2 is 0.880 bits per heavy atom. The van der Waals surface area contributed by atoms with Crippen molar-refractivity contribution in [1.82, 2.24) is 0 Å². The molecule has 0 aliphatic rings. The van der Waals surface area contributed by atoms with Gasteiger partial charge in [0.2, 0.25) is 0 Å². The maximum Gasteiger partial charge on any atom is 0.136 e. The summed E-state index contributed by atoms with van der Waals surface area (Å²) in [6.45, 7) is 0. The van der Waals surface area contributed by atoms with Gasteiger partial charge in [0.05, 0.1) is 11.0 Å². The number of para-hydroxylation sites is 1. The predicted molar refractivity (Wildman–Crippen MR) is 210 cm³/mol. The molecule has 9 aromatic carbocycles. The van der Waals surface area contributed by atoms with Crippen molar-refractivity contribution >= 4 is 76.2 Å². The van der Waals surface area contributed by atoms with Crippen LogP contribution in [0.5, 0.6) is 0 Å². The summed E-state index contributed by atoms with van der Waals surface area (Å²) >= 11 is 0. The molecule has 0 unspecified atom stereocenters. The first-order valence-corrected chi connectivity index (χ1v) is 16.4. The average molecular weight is 645 g/mol. The number of benzene rings is 9. The summed E-state index contributed by atoms with van der Waals surface area (Å²) in [5.74, 6) is 0. The van der Waals surface area contributed by atoms with E-state index in [0.29, 0.717) is 27.8 Å². The summed E-state index contributed by atoms with van der Waals surface area (Å²) in [7, 11) is 0. The molecule has 2 heteroatoms. The number of hydrogen-bond acceptors (Lipinski definition) is 2. The van der Waals surface area contributed by atoms with E-state index in [0.717, 1.165) is 60.2 Å². The first-order valence-electron chi connectivity index (χ1n) is 20.4. The lowest BCUT2D eigenvalue weighted by molar-refractivity contribution is 0.663. The molecule has 2 nitrogen and oxygen atoms in total. The highest BCUT2D eigenvalue weighted by Gasteiger charge is 2.19. The minimum atomic E-state index is -0.436. The van der Waals surface area contributed by atoms with Gasteiger partial charge in [-0.25, -0.2) is 0 Å². The van der Waals surface area contributed by atoms with E-state index < -0.39 is 24.2 Å². The number of rotatable bonds is 3. The second kappa shape index (κ2) is 10.4. The number of hydrogen-bond donors (Lipinski definition) is 0. The van der Waals surface area contributed by atoms with Crippen LogP contribution in [-0.2, 0) is 0 Å². The van der Waals surface area contributed by atoms with Crippen LogP contribution < -0.4 is 0 Å². The quantitative estimate of drug-likeness (QED) is 0.179. The minimum absolute atomic E-state index is 0.174. The predicted octanol–water partition coefficient (Wildman–Crippen LogP) is 13.9. The fraction of sp³-hybridized carbons (Fsp3) is 0. The molecule has 0 atom stereocenters. The number of furan rings is 2. The summed E-state index contributed by atoms with van der Waals surface area (Å²) in [6.07, 6.45) is 0. The molecule has 0 aliphatic carbocycles. The molecule has 0 radical (unpaired) electrons. The van der Waals surface area contributed by atoms with Crippen LogP contribution in [0.1, 0.15) is 11.0 Å². The van der Waals surface area contributed by atoms with Crippen LogP contribution in [0.2, 0.25) is 0 Å². The van der Waals surface area contributed by atoms with Gasteiger partial charge in [-0.1, -0.05) is 127 Å². The molecule has 2 heterocycles. The largest absolute Gasteiger partial charge is 0.456 e. The molecule has 0 aliphatic heterocycles. The summed E-state index contributed by atoms with van der Waals surface area (Å²) in [4.78, 5) is 0. The summed E-state index contributed by atoms with van der Waals surface area (Å²) in [5.41, 5.74) is 6.31. The highest BCUT2D eigenvalue weighted by Crippen LogP contribution is 2.45. The van der Waals surface area contributed by atoms with Crippen molar-refractivity contribution in [2.24, 2.45) is 0 Å². The van der Waals surface area contributed by atoms with Crippen molar-refractivity contribution in [2.45, 2.75) is 0 Å². The van der Waals surface area contributed by atoms with Gasteiger partial charge in [-0.2, -0.15) is 0 Å². The molecule has 0 saturated heterocycles. The van der Waals surface area contributed by atoms with Crippen LogP contribution >= 0.6 is 0 Å². The molecule has 0 saturated carbocycles. The number of fused-ring (bicyclic) bond motifs is 10. The zero-order chi connectivity index (χ0) is 39.7. The molecule has 0 spiro atoms. The zero-order valence-corrected chi connectivity index (χ0v) is 26.4. The van der Waals surface area contributed by atoms with Gasteiger partial charge in [0.15, 0.2) is 0 Å². The van der Waals surface area contributed by atoms with Crippen molar-refractivity contribution in [3.8, 4) is 33.4 Å². The van der Waals surface area contributed by atoms with Crippen LogP contribution in [-0.4, -0.2) is 0 Å². The zero-order valence-electron chi connectivity index (χ0n) is 34.4. The van der Waals surface area contributed by atoms with Gasteiger partial charge >= 0.3 is 0 Å². The Morgan fingerprint density at radius 3 is 1.60 bits per heavy atom. The second-order valence-electron chi connectivity index (χ2n) is 12.6. The normalized spacial score (nSPS) is 14.2. The topological polar surface area (TPSA) is 26.3 Å². The highest BCUT2D eigenvalue weighted by atomic mass is 16.3. The Labute approximate surface area is 298 Å². The van der Waals surface area contributed by atoms with Crippen molar-refractivity contribution in [3.05, 3.63) is 170 Å². The smallest absolute Gasteiger partial charge is 0.136 e. The monoisotopic (exact) mass is 644 g/mol. The molecular formula is C48H28O2. The van der Waals surface area contributed by atoms with E-state index >= 15 is 0 Å². The maximum absolute atomic E-state index is 9.36. The Hall–Kier alpha value is -6.64. The Kier molecular flexibility index (Phi) is 4.31. The SMILES string of the molecule is [2H]c1c([2H])c([2H])c2c(-c3ccc4ccccc4c3)c3c([2H])c([2H])c([2H])c([2H])c3c(-c3cccc(-c4ccc5c(c4)oc4ccc6oc7ccccc7c6c45)c3)c2c1[2H]. The third-order valence-corrected chi connectivity index (χ3v) is 9.87. The van der Waals surface area contributed by atoms with Crippen LogP contribution in [0, 0.1) is 0 Å². The maximum atomic E-state index is 9.36. The van der Waals surface area contributed by atoms with Gasteiger partial charge < -0.3 is 8.83 Å². The van der Waals surface area contributed by atoms with Crippen LogP contribution in [0.25, 0.3) is 110 Å². The molecule has 0 amide bonds. The van der Waals surface area contributed by atoms with Crippen molar-refractivity contribution in [1.29, 1.82) is 0 Å². The molecule has 11 aromatic rings. The molecule has 0 fully saturated rings. The van der Waals surface area contributed by atoms with Crippen LogP contribution in [0.15, 0.2) is 179 Å². The summed E-state index contributed by atoms with van der Waals surface area (Å²) in [5, 5.41) is 6.43. The van der Waals surface area contributed by atoms with E-state index in [4.69, 9.17) is 14.3 Å². The van der Waals surface area contributed by atoms with Gasteiger partial charge in [-0.15, -0.1) is 0 Å². The van der Waals surface area contributed by atoms with E-state index in [1.807, 2.05) is 121 Å². The molecular weight excluding hydrogens is 609 g/mol. The van der Waals surface area contributed by atoms with Crippen molar-refractivity contribution in [3.63, 3.8) is 0 Å². The standard InChI is InChI=1S/C48H28O2/c1-2-11-30-26-34(21-20-29(30)10-1)46-37-16-5-3-14-35(37)45(36-15-4-6-17-38(36)46)33-13-9-12-31(27-33)32-22-23-40-44(28-32)50-43-25-24-42-47(48(40)43)39-18-7-8-19-41(39)49-42/h1-28H/i3D,4D,5D,6D,14D,15D,16D,17D. The highest BCUT2D eigenvalue weighted by molar-refractivity contribution is 6.26. The minimum Gasteiger partial charge on any atom is -0.456 e. The molecule has 0 bridgehead atoms. The summed E-state index contributed by atoms with van der Waals surface area (Å²) < 4.78 is 85.1. The third-order valence-electron chi connectivity index (χ3n) is 9.87. The lowest BCUT2D eigenvalue weighted by Gasteiger charge is -2.18. The van der Waals surface area contributed by atoms with Crippen LogP contribution in [0.3, 0.4) is 0 Å². The Morgan fingerprint density at radius 1 is 0.340 bits per heavy atom. The molecule has 232 valence electrons. The van der Waals surface area contributed by atoms with E-state index in [-0.39, 0.29) is 45.7 Å². The first-order chi connectivity index (χ1) is 28.1. The molecule has 2 aromatic heterocycles. The fourth-order valence-electron chi connectivity index (χ4n) is 7.66. The molecule has 11 rings (SSSR count).